The van der Waals surface area contributed by atoms with Crippen LogP contribution < -0.4 is 5.73 Å². The molecule has 3 nitrogen and oxygen atoms in total. The van der Waals surface area contributed by atoms with E-state index in [9.17, 15) is 0 Å². The molecule has 1 aliphatic heterocycles. The molecular formula is C15H26BrN3S. The summed E-state index contributed by atoms with van der Waals surface area (Å²) in [4.78, 5) is 6.34. The number of hydrogen-bond donors (Lipinski definition) is 1. The van der Waals surface area contributed by atoms with Gasteiger partial charge in [-0.2, -0.15) is 0 Å². The van der Waals surface area contributed by atoms with Gasteiger partial charge >= 0.3 is 0 Å². The van der Waals surface area contributed by atoms with Gasteiger partial charge in [-0.05, 0) is 61.9 Å². The molecule has 0 amide bonds. The van der Waals surface area contributed by atoms with Crippen LogP contribution >= 0.6 is 27.3 Å². The van der Waals surface area contributed by atoms with E-state index in [1.54, 1.807) is 0 Å². The zero-order valence-electron chi connectivity index (χ0n) is 12.7. The summed E-state index contributed by atoms with van der Waals surface area (Å²) in [6.07, 6.45) is 3.58. The zero-order valence-corrected chi connectivity index (χ0v) is 15.1. The average molecular weight is 360 g/mol. The fourth-order valence-electron chi connectivity index (χ4n) is 3.03. The average Bonchev–Trinajstić information content (AvgIpc) is 2.85. The van der Waals surface area contributed by atoms with E-state index in [0.717, 1.165) is 19.5 Å². The molecule has 20 heavy (non-hydrogen) atoms. The standard InChI is InChI=1S/C15H26BrN3S/c1-4-13(17)15(14-8-11(16)10-20-14)19-7-5-6-12(9-19)18(2)3/h8,10,12-13,15H,4-7,9,17H2,1-3H3. The van der Waals surface area contributed by atoms with Gasteiger partial charge in [0.25, 0.3) is 0 Å². The molecule has 1 aromatic heterocycles. The van der Waals surface area contributed by atoms with E-state index in [4.69, 9.17) is 5.73 Å². The number of halogens is 1. The fourth-order valence-corrected chi connectivity index (χ4v) is 4.68. The van der Waals surface area contributed by atoms with E-state index in [2.05, 4.69) is 58.2 Å². The molecule has 5 heteroatoms. The highest BCUT2D eigenvalue weighted by Crippen LogP contribution is 2.34. The van der Waals surface area contributed by atoms with Crippen molar-refractivity contribution in [2.45, 2.75) is 44.3 Å². The van der Waals surface area contributed by atoms with Crippen LogP contribution in [0, 0.1) is 0 Å². The highest BCUT2D eigenvalue weighted by Gasteiger charge is 2.31. The summed E-state index contributed by atoms with van der Waals surface area (Å²) >= 11 is 5.40. The fraction of sp³-hybridized carbons (Fsp3) is 0.733. The molecular weight excluding hydrogens is 334 g/mol. The summed E-state index contributed by atoms with van der Waals surface area (Å²) < 4.78 is 1.17. The van der Waals surface area contributed by atoms with Crippen LogP contribution in [0.1, 0.15) is 37.1 Å². The maximum atomic E-state index is 6.45. The molecule has 1 fully saturated rings. The van der Waals surface area contributed by atoms with Crippen LogP contribution in [0.5, 0.6) is 0 Å². The van der Waals surface area contributed by atoms with E-state index in [1.165, 1.54) is 22.2 Å². The Bertz CT molecular complexity index is 421. The highest BCUT2D eigenvalue weighted by molar-refractivity contribution is 9.10. The Morgan fingerprint density at radius 2 is 2.30 bits per heavy atom. The smallest absolute Gasteiger partial charge is 0.0594 e. The summed E-state index contributed by atoms with van der Waals surface area (Å²) in [5, 5.41) is 2.16. The van der Waals surface area contributed by atoms with Crippen molar-refractivity contribution >= 4 is 27.3 Å². The van der Waals surface area contributed by atoms with E-state index >= 15 is 0 Å². The Morgan fingerprint density at radius 1 is 1.55 bits per heavy atom. The first kappa shape index (κ1) is 16.4. The van der Waals surface area contributed by atoms with Crippen LogP contribution in [0.15, 0.2) is 15.9 Å². The number of rotatable bonds is 5. The van der Waals surface area contributed by atoms with Crippen LogP contribution in [-0.4, -0.2) is 49.1 Å². The molecule has 0 bridgehead atoms. The van der Waals surface area contributed by atoms with E-state index in [-0.39, 0.29) is 6.04 Å². The predicted octanol–water partition coefficient (Wildman–Crippen LogP) is 3.32. The Labute approximate surface area is 135 Å². The minimum absolute atomic E-state index is 0.210. The molecule has 0 radical (unpaired) electrons. The lowest BCUT2D eigenvalue weighted by molar-refractivity contribution is 0.0847. The number of thiophene rings is 1. The Hall–Kier alpha value is 0.0600. The van der Waals surface area contributed by atoms with Crippen molar-refractivity contribution in [2.24, 2.45) is 5.73 Å². The lowest BCUT2D eigenvalue weighted by atomic mass is 9.97. The number of likely N-dealkylation sites (N-methyl/N-ethyl adjacent to an activating group) is 1. The second-order valence-electron chi connectivity index (χ2n) is 5.94. The largest absolute Gasteiger partial charge is 0.326 e. The third-order valence-corrected chi connectivity index (χ3v) is 6.07. The normalized spacial score (nSPS) is 24.0. The lowest BCUT2D eigenvalue weighted by Crippen LogP contribution is -2.50. The van der Waals surface area contributed by atoms with E-state index < -0.39 is 0 Å². The molecule has 1 aliphatic rings. The SMILES string of the molecule is CCC(N)C(c1cc(Br)cs1)N1CCCC(N(C)C)C1. The van der Waals surface area contributed by atoms with Crippen molar-refractivity contribution in [1.82, 2.24) is 9.80 Å². The lowest BCUT2D eigenvalue weighted by Gasteiger charge is -2.42. The van der Waals surface area contributed by atoms with E-state index in [1.807, 2.05) is 11.3 Å². The van der Waals surface area contributed by atoms with Gasteiger partial charge in [-0.15, -0.1) is 11.3 Å². The van der Waals surface area contributed by atoms with Crippen LogP contribution in [0.2, 0.25) is 0 Å². The zero-order chi connectivity index (χ0) is 14.7. The van der Waals surface area contributed by atoms with Gasteiger partial charge < -0.3 is 10.6 Å². The molecule has 3 atom stereocenters. The molecule has 2 rings (SSSR count). The second kappa shape index (κ2) is 7.36. The van der Waals surface area contributed by atoms with E-state index in [0.29, 0.717) is 12.1 Å². The van der Waals surface area contributed by atoms with Crippen molar-refractivity contribution in [1.29, 1.82) is 0 Å². The Kier molecular flexibility index (Phi) is 6.05. The van der Waals surface area contributed by atoms with Crippen LogP contribution in [0.3, 0.4) is 0 Å². The minimum atomic E-state index is 0.210. The van der Waals surface area contributed by atoms with Gasteiger partial charge in [0.1, 0.15) is 0 Å². The summed E-state index contributed by atoms with van der Waals surface area (Å²) in [5.74, 6) is 0. The first-order valence-electron chi connectivity index (χ1n) is 7.43. The van der Waals surface area contributed by atoms with Crippen molar-refractivity contribution in [3.8, 4) is 0 Å². The molecule has 0 spiro atoms. The van der Waals surface area contributed by atoms with Crippen LogP contribution in [0.4, 0.5) is 0 Å². The number of nitrogens with zero attached hydrogens (tertiary/aromatic N) is 2. The van der Waals surface area contributed by atoms with Crippen molar-refractivity contribution in [2.75, 3.05) is 27.2 Å². The summed E-state index contributed by atoms with van der Waals surface area (Å²) in [5.41, 5.74) is 6.45. The van der Waals surface area contributed by atoms with Gasteiger partial charge in [-0.3, -0.25) is 4.90 Å². The maximum absolute atomic E-state index is 6.45. The van der Waals surface area contributed by atoms with Gasteiger partial charge in [-0.1, -0.05) is 6.92 Å². The van der Waals surface area contributed by atoms with Crippen molar-refractivity contribution in [3.63, 3.8) is 0 Å². The van der Waals surface area contributed by atoms with Gasteiger partial charge in [-0.25, -0.2) is 0 Å². The van der Waals surface area contributed by atoms with Gasteiger partial charge in [0.05, 0.1) is 6.04 Å². The second-order valence-corrected chi connectivity index (χ2v) is 7.80. The summed E-state index contributed by atoms with van der Waals surface area (Å²) in [6, 6.07) is 3.46. The van der Waals surface area contributed by atoms with Crippen molar-refractivity contribution in [3.05, 3.63) is 20.8 Å². The molecule has 3 unspecified atom stereocenters. The molecule has 0 aromatic carbocycles. The number of nitrogens with two attached hydrogens (primary N) is 1. The topological polar surface area (TPSA) is 32.5 Å². The molecule has 0 saturated carbocycles. The number of likely N-dealkylation sites (tertiary alicyclic amines) is 1. The first-order valence-corrected chi connectivity index (χ1v) is 9.10. The monoisotopic (exact) mass is 359 g/mol. The number of hydrogen-bond acceptors (Lipinski definition) is 4. The minimum Gasteiger partial charge on any atom is -0.326 e. The molecule has 2 heterocycles. The van der Waals surface area contributed by atoms with Crippen LogP contribution in [0.25, 0.3) is 0 Å². The van der Waals surface area contributed by atoms with Gasteiger partial charge in [0.15, 0.2) is 0 Å². The molecule has 2 N–H and O–H groups in total. The molecule has 0 aliphatic carbocycles. The maximum Gasteiger partial charge on any atom is 0.0594 e. The summed E-state index contributed by atoms with van der Waals surface area (Å²) in [6.45, 7) is 4.48. The van der Waals surface area contributed by atoms with Crippen LogP contribution in [-0.2, 0) is 0 Å². The summed E-state index contributed by atoms with van der Waals surface area (Å²) in [7, 11) is 4.37. The highest BCUT2D eigenvalue weighted by atomic mass is 79.9. The quantitative estimate of drug-likeness (QED) is 0.874. The first-order chi connectivity index (χ1) is 9.52. The van der Waals surface area contributed by atoms with Gasteiger partial charge in [0.2, 0.25) is 0 Å². The molecule has 114 valence electrons. The Morgan fingerprint density at radius 3 is 2.85 bits per heavy atom. The number of piperidine rings is 1. The van der Waals surface area contributed by atoms with Crippen molar-refractivity contribution < 1.29 is 0 Å². The van der Waals surface area contributed by atoms with Gasteiger partial charge in [0, 0.05) is 33.4 Å². The third-order valence-electron chi connectivity index (χ3n) is 4.31. The Balaban J connectivity index is 2.18. The molecule has 1 aromatic rings. The predicted molar refractivity (Wildman–Crippen MR) is 91.3 cm³/mol. The molecule has 1 saturated heterocycles. The third kappa shape index (κ3) is 3.83.